The Bertz CT molecular complexity index is 318. The Balaban J connectivity index is 2.10. The van der Waals surface area contributed by atoms with Gasteiger partial charge in [0, 0.05) is 18.8 Å². The average Bonchev–Trinajstić information content (AvgIpc) is 2.28. The lowest BCUT2D eigenvalue weighted by Crippen LogP contribution is -2.38. The first-order valence-corrected chi connectivity index (χ1v) is 6.53. The van der Waals surface area contributed by atoms with Gasteiger partial charge in [0.25, 0.3) is 0 Å². The van der Waals surface area contributed by atoms with Crippen LogP contribution in [0, 0.1) is 11.8 Å². The van der Waals surface area contributed by atoms with E-state index in [1.807, 2.05) is 0 Å². The fourth-order valence-electron chi connectivity index (χ4n) is 2.82. The Hall–Kier alpha value is -0.980. The van der Waals surface area contributed by atoms with Crippen LogP contribution in [0.15, 0.2) is 24.3 Å². The summed E-state index contributed by atoms with van der Waals surface area (Å²) >= 11 is 0. The van der Waals surface area contributed by atoms with Crippen molar-refractivity contribution >= 4 is 5.69 Å². The van der Waals surface area contributed by atoms with E-state index in [2.05, 4.69) is 49.9 Å². The SMILES string of the molecule is CCc1ccc(N2C[C@H](C)C[C@@H](C)C2)cc1. The first-order valence-electron chi connectivity index (χ1n) is 6.53. The monoisotopic (exact) mass is 217 g/mol. The quantitative estimate of drug-likeness (QED) is 0.729. The molecule has 0 radical (unpaired) electrons. The van der Waals surface area contributed by atoms with Gasteiger partial charge in [0.1, 0.15) is 0 Å². The van der Waals surface area contributed by atoms with Gasteiger partial charge in [0.2, 0.25) is 0 Å². The number of anilines is 1. The van der Waals surface area contributed by atoms with Gasteiger partial charge in [-0.3, -0.25) is 0 Å². The number of benzene rings is 1. The summed E-state index contributed by atoms with van der Waals surface area (Å²) in [4.78, 5) is 2.54. The Morgan fingerprint density at radius 3 is 2.12 bits per heavy atom. The molecular formula is C15H23N. The van der Waals surface area contributed by atoms with Crippen LogP contribution in [0.25, 0.3) is 0 Å². The van der Waals surface area contributed by atoms with Gasteiger partial charge in [-0.1, -0.05) is 32.9 Å². The van der Waals surface area contributed by atoms with Gasteiger partial charge in [-0.15, -0.1) is 0 Å². The van der Waals surface area contributed by atoms with Crippen molar-refractivity contribution in [2.45, 2.75) is 33.6 Å². The maximum atomic E-state index is 2.54. The molecule has 2 atom stereocenters. The zero-order valence-electron chi connectivity index (χ0n) is 10.7. The molecule has 0 unspecified atom stereocenters. The number of aryl methyl sites for hydroxylation is 1. The predicted octanol–water partition coefficient (Wildman–Crippen LogP) is 3.73. The fourth-order valence-corrected chi connectivity index (χ4v) is 2.82. The average molecular weight is 217 g/mol. The molecule has 2 rings (SSSR count). The molecule has 1 aliphatic rings. The van der Waals surface area contributed by atoms with Gasteiger partial charge >= 0.3 is 0 Å². The number of rotatable bonds is 2. The highest BCUT2D eigenvalue weighted by molar-refractivity contribution is 5.48. The molecule has 1 fully saturated rings. The summed E-state index contributed by atoms with van der Waals surface area (Å²) in [5, 5.41) is 0. The van der Waals surface area contributed by atoms with Crippen LogP contribution in [-0.2, 0) is 6.42 Å². The second-order valence-corrected chi connectivity index (χ2v) is 5.37. The number of hydrogen-bond donors (Lipinski definition) is 0. The van der Waals surface area contributed by atoms with Crippen molar-refractivity contribution in [3.8, 4) is 0 Å². The molecule has 0 aliphatic carbocycles. The second kappa shape index (κ2) is 4.90. The molecule has 0 spiro atoms. The molecule has 1 aliphatic heterocycles. The molecule has 1 saturated heterocycles. The van der Waals surface area contributed by atoms with Gasteiger partial charge in [0.05, 0.1) is 0 Å². The van der Waals surface area contributed by atoms with E-state index in [0.717, 1.165) is 18.3 Å². The molecule has 0 saturated carbocycles. The maximum absolute atomic E-state index is 2.54. The molecular weight excluding hydrogens is 194 g/mol. The fraction of sp³-hybridized carbons (Fsp3) is 0.600. The van der Waals surface area contributed by atoms with Crippen LogP contribution in [0.1, 0.15) is 32.8 Å². The summed E-state index contributed by atoms with van der Waals surface area (Å²) in [7, 11) is 0. The van der Waals surface area contributed by atoms with Gasteiger partial charge < -0.3 is 4.90 Å². The molecule has 16 heavy (non-hydrogen) atoms. The molecule has 1 heterocycles. The molecule has 1 nitrogen and oxygen atoms in total. The van der Waals surface area contributed by atoms with Crippen molar-refractivity contribution in [1.82, 2.24) is 0 Å². The summed E-state index contributed by atoms with van der Waals surface area (Å²) in [6, 6.07) is 9.09. The Kier molecular flexibility index (Phi) is 3.52. The van der Waals surface area contributed by atoms with E-state index in [1.54, 1.807) is 0 Å². The lowest BCUT2D eigenvalue weighted by molar-refractivity contribution is 0.357. The van der Waals surface area contributed by atoms with Crippen LogP contribution >= 0.6 is 0 Å². The van der Waals surface area contributed by atoms with Gasteiger partial charge in [-0.2, -0.15) is 0 Å². The Morgan fingerprint density at radius 1 is 1.06 bits per heavy atom. The molecule has 0 N–H and O–H groups in total. The van der Waals surface area contributed by atoms with E-state index in [1.165, 1.54) is 30.8 Å². The van der Waals surface area contributed by atoms with Crippen LogP contribution in [0.2, 0.25) is 0 Å². The van der Waals surface area contributed by atoms with E-state index in [4.69, 9.17) is 0 Å². The zero-order chi connectivity index (χ0) is 11.5. The molecule has 1 heteroatoms. The Morgan fingerprint density at radius 2 is 1.62 bits per heavy atom. The third-order valence-electron chi connectivity index (χ3n) is 3.58. The topological polar surface area (TPSA) is 3.24 Å². The molecule has 88 valence electrons. The summed E-state index contributed by atoms with van der Waals surface area (Å²) in [6.45, 7) is 9.37. The van der Waals surface area contributed by atoms with Crippen molar-refractivity contribution in [3.05, 3.63) is 29.8 Å². The second-order valence-electron chi connectivity index (χ2n) is 5.37. The van der Waals surface area contributed by atoms with Gasteiger partial charge in [-0.25, -0.2) is 0 Å². The largest absolute Gasteiger partial charge is 0.371 e. The van der Waals surface area contributed by atoms with Crippen molar-refractivity contribution in [2.75, 3.05) is 18.0 Å². The third-order valence-corrected chi connectivity index (χ3v) is 3.58. The maximum Gasteiger partial charge on any atom is 0.0366 e. The van der Waals surface area contributed by atoms with Crippen LogP contribution < -0.4 is 4.90 Å². The van der Waals surface area contributed by atoms with E-state index < -0.39 is 0 Å². The summed E-state index contributed by atoms with van der Waals surface area (Å²) < 4.78 is 0. The first-order chi connectivity index (χ1) is 7.69. The van der Waals surface area contributed by atoms with E-state index in [9.17, 15) is 0 Å². The molecule has 1 aromatic carbocycles. The smallest absolute Gasteiger partial charge is 0.0366 e. The number of piperidine rings is 1. The minimum atomic E-state index is 0.828. The Labute approximate surface area is 99.5 Å². The molecule has 0 amide bonds. The lowest BCUT2D eigenvalue weighted by atomic mass is 9.91. The third kappa shape index (κ3) is 2.58. The normalized spacial score (nSPS) is 25.8. The van der Waals surface area contributed by atoms with E-state index in [0.29, 0.717) is 0 Å². The predicted molar refractivity (Wildman–Crippen MR) is 71.0 cm³/mol. The summed E-state index contributed by atoms with van der Waals surface area (Å²) in [5.41, 5.74) is 2.83. The van der Waals surface area contributed by atoms with Gasteiger partial charge in [-0.05, 0) is 42.4 Å². The molecule has 1 aromatic rings. The van der Waals surface area contributed by atoms with Crippen LogP contribution in [-0.4, -0.2) is 13.1 Å². The van der Waals surface area contributed by atoms with Crippen molar-refractivity contribution in [1.29, 1.82) is 0 Å². The van der Waals surface area contributed by atoms with Crippen molar-refractivity contribution < 1.29 is 0 Å². The highest BCUT2D eigenvalue weighted by Crippen LogP contribution is 2.26. The number of nitrogens with zero attached hydrogens (tertiary/aromatic N) is 1. The van der Waals surface area contributed by atoms with Gasteiger partial charge in [0.15, 0.2) is 0 Å². The molecule has 0 aromatic heterocycles. The zero-order valence-corrected chi connectivity index (χ0v) is 10.7. The van der Waals surface area contributed by atoms with Crippen molar-refractivity contribution in [3.63, 3.8) is 0 Å². The molecule has 0 bridgehead atoms. The minimum absolute atomic E-state index is 0.828. The standard InChI is InChI=1S/C15H23N/c1-4-14-5-7-15(8-6-14)16-10-12(2)9-13(3)11-16/h5-8,12-13H,4,9-11H2,1-3H3/t12-,13-/m1/s1. The summed E-state index contributed by atoms with van der Waals surface area (Å²) in [5.74, 6) is 1.66. The van der Waals surface area contributed by atoms with E-state index in [-0.39, 0.29) is 0 Å². The van der Waals surface area contributed by atoms with Crippen LogP contribution in [0.5, 0.6) is 0 Å². The van der Waals surface area contributed by atoms with Crippen molar-refractivity contribution in [2.24, 2.45) is 11.8 Å². The van der Waals surface area contributed by atoms with Crippen LogP contribution in [0.3, 0.4) is 0 Å². The van der Waals surface area contributed by atoms with E-state index >= 15 is 0 Å². The number of hydrogen-bond acceptors (Lipinski definition) is 1. The highest BCUT2D eigenvalue weighted by Gasteiger charge is 2.21. The lowest BCUT2D eigenvalue weighted by Gasteiger charge is -2.36. The van der Waals surface area contributed by atoms with Crippen LogP contribution in [0.4, 0.5) is 5.69 Å². The summed E-state index contributed by atoms with van der Waals surface area (Å²) in [6.07, 6.45) is 2.51. The first kappa shape index (κ1) is 11.5. The highest BCUT2D eigenvalue weighted by atomic mass is 15.1. The minimum Gasteiger partial charge on any atom is -0.371 e.